The van der Waals surface area contributed by atoms with E-state index in [-0.39, 0.29) is 24.5 Å². The fourth-order valence-corrected chi connectivity index (χ4v) is 5.89. The van der Waals surface area contributed by atoms with Crippen molar-refractivity contribution in [1.82, 2.24) is 14.9 Å². The lowest BCUT2D eigenvalue weighted by atomic mass is 10.1. The lowest BCUT2D eigenvalue weighted by molar-refractivity contribution is -0.140. The molecule has 3 rings (SSSR count). The average Bonchev–Trinajstić information content (AvgIpc) is 2.75. The summed E-state index contributed by atoms with van der Waals surface area (Å²) in [6.45, 7) is 6.20. The fraction of sp³-hybridized carbons (Fsp3) is 0.391. The molecule has 1 heterocycles. The average molecular weight is 460 g/mol. The number of sulfonamides is 1. The summed E-state index contributed by atoms with van der Waals surface area (Å²) in [7, 11) is -3.85. The van der Waals surface area contributed by atoms with Crippen LogP contribution in [0.1, 0.15) is 28.7 Å². The van der Waals surface area contributed by atoms with Gasteiger partial charge in [-0.1, -0.05) is 48.0 Å². The summed E-state index contributed by atoms with van der Waals surface area (Å²) in [5.74, 6) is -1.63. The molecule has 0 aromatic heterocycles. The van der Waals surface area contributed by atoms with Crippen LogP contribution in [0.25, 0.3) is 0 Å². The molecule has 9 heteroatoms. The lowest BCUT2D eigenvalue weighted by Gasteiger charge is -2.35. The molecule has 0 spiro atoms. The maximum atomic E-state index is 13.4. The highest BCUT2D eigenvalue weighted by Gasteiger charge is 2.36. The summed E-state index contributed by atoms with van der Waals surface area (Å²) >= 11 is 0. The molecule has 1 fully saturated rings. The number of hydrogen-bond donors (Lipinski definition) is 2. The van der Waals surface area contributed by atoms with E-state index >= 15 is 0 Å². The zero-order valence-corrected chi connectivity index (χ0v) is 19.4. The van der Waals surface area contributed by atoms with Gasteiger partial charge in [0.05, 0.1) is 18.0 Å². The molecule has 1 atom stereocenters. The molecule has 0 bridgehead atoms. The number of aryl methyl sites for hydroxylation is 3. The smallest absolute Gasteiger partial charge is 0.309 e. The second-order valence-electron chi connectivity index (χ2n) is 7.90. The molecule has 2 N–H and O–H groups in total. The summed E-state index contributed by atoms with van der Waals surface area (Å²) in [4.78, 5) is 24.6. The Morgan fingerprint density at radius 1 is 1.03 bits per heavy atom. The molecule has 0 saturated carbocycles. The minimum atomic E-state index is -3.85. The predicted octanol–water partition coefficient (Wildman–Crippen LogP) is 1.78. The van der Waals surface area contributed by atoms with Crippen LogP contribution in [0.15, 0.2) is 47.4 Å². The van der Waals surface area contributed by atoms with Crippen molar-refractivity contribution in [2.24, 2.45) is 0 Å². The van der Waals surface area contributed by atoms with E-state index in [9.17, 15) is 18.0 Å². The van der Waals surface area contributed by atoms with Crippen molar-refractivity contribution < 1.29 is 22.7 Å². The van der Waals surface area contributed by atoms with Gasteiger partial charge in [-0.05, 0) is 43.9 Å². The molecular weight excluding hydrogens is 430 g/mol. The van der Waals surface area contributed by atoms with Crippen molar-refractivity contribution >= 4 is 21.8 Å². The summed E-state index contributed by atoms with van der Waals surface area (Å²) in [5.41, 5.74) is 3.18. The van der Waals surface area contributed by atoms with Crippen molar-refractivity contribution in [1.29, 1.82) is 0 Å². The van der Waals surface area contributed by atoms with Crippen molar-refractivity contribution in [3.63, 3.8) is 0 Å². The maximum absolute atomic E-state index is 13.4. The number of amides is 2. The van der Waals surface area contributed by atoms with Crippen LogP contribution in [0.2, 0.25) is 0 Å². The van der Waals surface area contributed by atoms with Crippen LogP contribution in [0.3, 0.4) is 0 Å². The van der Waals surface area contributed by atoms with E-state index in [1.807, 2.05) is 49.4 Å². The number of rotatable bonds is 6. The summed E-state index contributed by atoms with van der Waals surface area (Å²) in [6, 6.07) is 12.9. The van der Waals surface area contributed by atoms with Crippen LogP contribution < -0.4 is 10.6 Å². The van der Waals surface area contributed by atoms with Crippen molar-refractivity contribution in [2.75, 3.05) is 19.7 Å². The molecule has 1 saturated heterocycles. The third-order valence-electron chi connectivity index (χ3n) is 5.26. The Kier molecular flexibility index (Phi) is 7.65. The quantitative estimate of drug-likeness (QED) is 0.641. The minimum Gasteiger partial charge on any atom is -0.360 e. The van der Waals surface area contributed by atoms with Crippen molar-refractivity contribution in [2.45, 2.75) is 44.9 Å². The molecule has 0 aliphatic carbocycles. The third-order valence-corrected chi connectivity index (χ3v) is 7.46. The van der Waals surface area contributed by atoms with Crippen LogP contribution in [-0.2, 0) is 30.9 Å². The molecule has 1 aliphatic heterocycles. The first-order valence-electron chi connectivity index (χ1n) is 10.5. The number of benzene rings is 2. The van der Waals surface area contributed by atoms with Gasteiger partial charge in [-0.2, -0.15) is 4.31 Å². The maximum Gasteiger partial charge on any atom is 0.309 e. The first-order valence-corrected chi connectivity index (χ1v) is 12.0. The largest absolute Gasteiger partial charge is 0.360 e. The molecule has 2 amide bonds. The van der Waals surface area contributed by atoms with Gasteiger partial charge in [0.1, 0.15) is 6.23 Å². The number of ether oxygens (including phenoxy) is 1. The van der Waals surface area contributed by atoms with E-state index < -0.39 is 28.1 Å². The van der Waals surface area contributed by atoms with E-state index in [1.54, 1.807) is 13.8 Å². The number of carbonyl (C=O) groups is 2. The second-order valence-corrected chi connectivity index (χ2v) is 9.73. The van der Waals surface area contributed by atoms with Gasteiger partial charge in [-0.15, -0.1) is 0 Å². The fourth-order valence-electron chi connectivity index (χ4n) is 3.91. The number of carbonyl (C=O) groups excluding carboxylic acids is 2. The van der Waals surface area contributed by atoms with Crippen LogP contribution >= 0.6 is 0 Å². The number of hydrogen-bond acceptors (Lipinski definition) is 5. The Labute approximate surface area is 189 Å². The Morgan fingerprint density at radius 3 is 2.31 bits per heavy atom. The van der Waals surface area contributed by atoms with E-state index in [1.165, 1.54) is 4.31 Å². The van der Waals surface area contributed by atoms with Gasteiger partial charge < -0.3 is 15.4 Å². The topological polar surface area (TPSA) is 105 Å². The molecule has 2 aromatic rings. The van der Waals surface area contributed by atoms with Crippen LogP contribution in [0, 0.1) is 20.8 Å². The van der Waals surface area contributed by atoms with Gasteiger partial charge >= 0.3 is 11.8 Å². The molecule has 1 unspecified atom stereocenters. The van der Waals surface area contributed by atoms with Crippen LogP contribution in [0.4, 0.5) is 0 Å². The normalized spacial score (nSPS) is 17.0. The van der Waals surface area contributed by atoms with Crippen molar-refractivity contribution in [3.8, 4) is 0 Å². The minimum absolute atomic E-state index is 0.124. The SMILES string of the molecule is Cc1cc(C)c(S(=O)(=O)N2CCCOC2CNC(=O)C(=O)NCc2ccccc2)c(C)c1. The highest BCUT2D eigenvalue weighted by molar-refractivity contribution is 7.89. The Hall–Kier alpha value is -2.75. The molecular formula is C23H29N3O5S. The van der Waals surface area contributed by atoms with Gasteiger partial charge in [0.2, 0.25) is 10.0 Å². The first-order chi connectivity index (χ1) is 15.2. The van der Waals surface area contributed by atoms with Gasteiger partial charge in [0, 0.05) is 13.1 Å². The second kappa shape index (κ2) is 10.2. The molecule has 8 nitrogen and oxygen atoms in total. The van der Waals surface area contributed by atoms with Crippen LogP contribution in [0.5, 0.6) is 0 Å². The van der Waals surface area contributed by atoms with Crippen molar-refractivity contribution in [3.05, 3.63) is 64.7 Å². The summed E-state index contributed by atoms with van der Waals surface area (Å²) < 4.78 is 33.8. The Morgan fingerprint density at radius 2 is 1.66 bits per heavy atom. The molecule has 2 aromatic carbocycles. The first kappa shape index (κ1) is 23.9. The van der Waals surface area contributed by atoms with Gasteiger partial charge in [-0.25, -0.2) is 8.42 Å². The molecule has 172 valence electrons. The van der Waals surface area contributed by atoms with E-state index in [0.717, 1.165) is 11.1 Å². The standard InChI is InChI=1S/C23H29N3O5S/c1-16-12-17(2)21(18(3)13-16)32(29,30)26-10-7-11-31-20(26)15-25-23(28)22(27)24-14-19-8-5-4-6-9-19/h4-6,8-9,12-13,20H,7,10-11,14-15H2,1-3H3,(H,24,27)(H,25,28). The lowest BCUT2D eigenvalue weighted by Crippen LogP contribution is -2.53. The van der Waals surface area contributed by atoms with Gasteiger partial charge in [0.25, 0.3) is 0 Å². The monoisotopic (exact) mass is 459 g/mol. The highest BCUT2D eigenvalue weighted by Crippen LogP contribution is 2.28. The molecule has 0 radical (unpaired) electrons. The third kappa shape index (κ3) is 5.53. The zero-order valence-electron chi connectivity index (χ0n) is 18.6. The summed E-state index contributed by atoms with van der Waals surface area (Å²) in [6.07, 6.45) is -0.342. The Balaban J connectivity index is 1.66. The predicted molar refractivity (Wildman–Crippen MR) is 120 cm³/mol. The number of nitrogens with one attached hydrogen (secondary N) is 2. The number of nitrogens with zero attached hydrogens (tertiary/aromatic N) is 1. The van der Waals surface area contributed by atoms with Gasteiger partial charge in [0.15, 0.2) is 0 Å². The van der Waals surface area contributed by atoms with E-state index in [2.05, 4.69) is 10.6 Å². The zero-order chi connectivity index (χ0) is 23.3. The summed E-state index contributed by atoms with van der Waals surface area (Å²) in [5, 5.41) is 5.05. The Bertz CT molecular complexity index is 1060. The van der Waals surface area contributed by atoms with E-state index in [4.69, 9.17) is 4.74 Å². The van der Waals surface area contributed by atoms with E-state index in [0.29, 0.717) is 24.2 Å². The van der Waals surface area contributed by atoms with Crippen LogP contribution in [-0.4, -0.2) is 50.5 Å². The molecule has 1 aliphatic rings. The molecule has 32 heavy (non-hydrogen) atoms. The van der Waals surface area contributed by atoms with Gasteiger partial charge in [-0.3, -0.25) is 9.59 Å². The highest BCUT2D eigenvalue weighted by atomic mass is 32.2.